The first-order valence-electron chi connectivity index (χ1n) is 3.54. The van der Waals surface area contributed by atoms with E-state index in [1.807, 2.05) is 6.26 Å². The topological polar surface area (TPSA) is 69.4 Å². The van der Waals surface area contributed by atoms with Crippen molar-refractivity contribution in [2.75, 3.05) is 12.0 Å². The summed E-state index contributed by atoms with van der Waals surface area (Å²) in [6.45, 7) is 1.18. The van der Waals surface area contributed by atoms with Gasteiger partial charge in [0.25, 0.3) is 0 Å². The van der Waals surface area contributed by atoms with Crippen molar-refractivity contribution in [2.45, 2.75) is 19.4 Å². The van der Waals surface area contributed by atoms with Crippen LogP contribution in [0.3, 0.4) is 0 Å². The van der Waals surface area contributed by atoms with Crippen molar-refractivity contribution in [1.82, 2.24) is 0 Å². The zero-order valence-electron chi connectivity index (χ0n) is 7.54. The van der Waals surface area contributed by atoms with Crippen LogP contribution in [0.25, 0.3) is 0 Å². The molecule has 2 N–H and O–H groups in total. The summed E-state index contributed by atoms with van der Waals surface area (Å²) in [6.07, 6.45) is 2.45. The molecule has 0 aliphatic carbocycles. The number of carbonyl (C=O) groups excluding carboxylic acids is 2. The van der Waals surface area contributed by atoms with Crippen molar-refractivity contribution >= 4 is 23.7 Å². The number of hydrogen-bond donors (Lipinski definition) is 1. The smallest absolute Gasteiger partial charge is 0.330 e. The fraction of sp³-hybridized carbons (Fsp3) is 0.714. The second-order valence-electron chi connectivity index (χ2n) is 2.30. The molecular formula is C7H13CoNO3S. The third-order valence-electron chi connectivity index (χ3n) is 1.18. The second kappa shape index (κ2) is 8.55. The Bertz CT molecular complexity index is 177. The fourth-order valence-corrected chi connectivity index (χ4v) is 1.07. The van der Waals surface area contributed by atoms with Crippen molar-refractivity contribution in [3.63, 3.8) is 0 Å². The van der Waals surface area contributed by atoms with Gasteiger partial charge >= 0.3 is 11.9 Å². The summed E-state index contributed by atoms with van der Waals surface area (Å²) < 4.78 is 4.30. The molecule has 0 spiro atoms. The van der Waals surface area contributed by atoms with Crippen LogP contribution in [-0.2, 0) is 31.1 Å². The normalized spacial score (nSPS) is 11.3. The maximum absolute atomic E-state index is 10.9. The zero-order chi connectivity index (χ0) is 9.56. The predicted octanol–water partition coefficient (Wildman–Crippen LogP) is 0.154. The zero-order valence-corrected chi connectivity index (χ0v) is 9.39. The Morgan fingerprint density at radius 1 is 1.54 bits per heavy atom. The van der Waals surface area contributed by atoms with Crippen molar-refractivity contribution < 1.29 is 31.1 Å². The van der Waals surface area contributed by atoms with Crippen molar-refractivity contribution in [3.05, 3.63) is 0 Å². The summed E-state index contributed by atoms with van der Waals surface area (Å²) >= 11 is 1.59. The van der Waals surface area contributed by atoms with Crippen LogP contribution < -0.4 is 5.73 Å². The minimum absolute atomic E-state index is 0. The molecule has 0 heterocycles. The molecule has 0 saturated heterocycles. The molecule has 0 amide bonds. The van der Waals surface area contributed by atoms with Crippen LogP contribution in [0.1, 0.15) is 13.3 Å². The van der Waals surface area contributed by atoms with Gasteiger partial charge in [-0.15, -0.1) is 0 Å². The fourth-order valence-electron chi connectivity index (χ4n) is 0.580. The minimum Gasteiger partial charge on any atom is -0.392 e. The molecule has 0 aromatic carbocycles. The van der Waals surface area contributed by atoms with Crippen molar-refractivity contribution in [3.8, 4) is 0 Å². The molecule has 4 nitrogen and oxygen atoms in total. The van der Waals surface area contributed by atoms with Gasteiger partial charge in [-0.2, -0.15) is 11.8 Å². The van der Waals surface area contributed by atoms with Crippen LogP contribution in [0.15, 0.2) is 0 Å². The third kappa shape index (κ3) is 8.29. The van der Waals surface area contributed by atoms with Gasteiger partial charge in [-0.1, -0.05) is 0 Å². The Morgan fingerprint density at radius 3 is 2.46 bits per heavy atom. The summed E-state index contributed by atoms with van der Waals surface area (Å²) in [5, 5.41) is 0. The molecule has 6 heteroatoms. The van der Waals surface area contributed by atoms with Gasteiger partial charge in [-0.25, -0.2) is 4.79 Å². The van der Waals surface area contributed by atoms with E-state index in [-0.39, 0.29) is 16.8 Å². The van der Waals surface area contributed by atoms with E-state index in [2.05, 4.69) is 4.74 Å². The van der Waals surface area contributed by atoms with Crippen molar-refractivity contribution in [1.29, 1.82) is 0 Å². The summed E-state index contributed by atoms with van der Waals surface area (Å²) in [6, 6.07) is -0.679. The molecule has 1 radical (unpaired) electrons. The number of nitrogens with two attached hydrogens (primary N) is 1. The third-order valence-corrected chi connectivity index (χ3v) is 1.82. The van der Waals surface area contributed by atoms with Crippen LogP contribution in [0.5, 0.6) is 0 Å². The Kier molecular flexibility index (Phi) is 10.1. The molecule has 0 rings (SSSR count). The largest absolute Gasteiger partial charge is 0.392 e. The average Bonchev–Trinajstić information content (AvgIpc) is 1.98. The molecule has 0 saturated carbocycles. The molecule has 0 aromatic rings. The van der Waals surface area contributed by atoms with E-state index >= 15 is 0 Å². The number of hydrogen-bond acceptors (Lipinski definition) is 5. The van der Waals surface area contributed by atoms with Crippen LogP contribution >= 0.6 is 11.8 Å². The quantitative estimate of drug-likeness (QED) is 0.568. The van der Waals surface area contributed by atoms with Gasteiger partial charge in [0.2, 0.25) is 0 Å². The van der Waals surface area contributed by atoms with Gasteiger partial charge in [0.15, 0.2) is 0 Å². The monoisotopic (exact) mass is 250 g/mol. The standard InChI is InChI=1S/C7H13NO3S.Co/c1-5(9)11-7(10)6(8)3-4-12-2;/h6H,3-4,8H2,1-2H3;/t6-;/m0./s1. The number of rotatable bonds is 4. The van der Waals surface area contributed by atoms with Gasteiger partial charge in [-0.3, -0.25) is 4.79 Å². The van der Waals surface area contributed by atoms with E-state index in [4.69, 9.17) is 5.73 Å². The summed E-state index contributed by atoms with van der Waals surface area (Å²) in [5.74, 6) is -0.468. The summed E-state index contributed by atoms with van der Waals surface area (Å²) in [7, 11) is 0. The van der Waals surface area contributed by atoms with E-state index in [1.54, 1.807) is 11.8 Å². The number of esters is 2. The van der Waals surface area contributed by atoms with E-state index < -0.39 is 18.0 Å². The molecule has 13 heavy (non-hydrogen) atoms. The first-order valence-corrected chi connectivity index (χ1v) is 4.94. The summed E-state index contributed by atoms with van der Waals surface area (Å²) in [5.41, 5.74) is 5.41. The Hall–Kier alpha value is -0.0435. The van der Waals surface area contributed by atoms with Crippen LogP contribution in [-0.4, -0.2) is 30.0 Å². The number of ether oxygens (including phenoxy) is 1. The second-order valence-corrected chi connectivity index (χ2v) is 3.29. The maximum Gasteiger partial charge on any atom is 0.330 e. The van der Waals surface area contributed by atoms with E-state index in [0.717, 1.165) is 5.75 Å². The van der Waals surface area contributed by atoms with Crippen molar-refractivity contribution in [2.24, 2.45) is 5.73 Å². The van der Waals surface area contributed by atoms with Gasteiger partial charge in [0, 0.05) is 23.7 Å². The first-order chi connectivity index (χ1) is 5.57. The van der Waals surface area contributed by atoms with E-state index in [1.165, 1.54) is 6.92 Å². The molecule has 0 bridgehead atoms. The summed E-state index contributed by atoms with van der Waals surface area (Å²) in [4.78, 5) is 21.2. The van der Waals surface area contributed by atoms with E-state index in [0.29, 0.717) is 6.42 Å². The Labute approximate surface area is 92.1 Å². The van der Waals surface area contributed by atoms with Crippen LogP contribution in [0.2, 0.25) is 0 Å². The van der Waals surface area contributed by atoms with Gasteiger partial charge in [-0.05, 0) is 18.4 Å². The first kappa shape index (κ1) is 15.4. The number of thioether (sulfide) groups is 1. The van der Waals surface area contributed by atoms with Gasteiger partial charge in [0.05, 0.1) is 0 Å². The van der Waals surface area contributed by atoms with E-state index in [9.17, 15) is 9.59 Å². The SMILES string of the molecule is CSCC[C@H](N)C(=O)OC(C)=O.[Co]. The molecule has 0 fully saturated rings. The van der Waals surface area contributed by atoms with Crippen LogP contribution in [0, 0.1) is 0 Å². The molecule has 0 aliphatic rings. The number of carbonyl (C=O) groups is 2. The van der Waals surface area contributed by atoms with Crippen LogP contribution in [0.4, 0.5) is 0 Å². The molecule has 0 unspecified atom stereocenters. The maximum atomic E-state index is 10.9. The Morgan fingerprint density at radius 2 is 2.08 bits per heavy atom. The molecule has 1 atom stereocenters. The minimum atomic E-state index is -0.679. The predicted molar refractivity (Wildman–Crippen MR) is 47.7 cm³/mol. The molecule has 79 valence electrons. The molecule has 0 aliphatic heterocycles. The molecular weight excluding hydrogens is 237 g/mol. The Balaban J connectivity index is 0. The average molecular weight is 250 g/mol. The molecule has 0 aromatic heterocycles. The van der Waals surface area contributed by atoms with Gasteiger partial charge < -0.3 is 10.5 Å². The van der Waals surface area contributed by atoms with Gasteiger partial charge in [0.1, 0.15) is 6.04 Å².